The third-order valence-corrected chi connectivity index (χ3v) is 7.65. The quantitative estimate of drug-likeness (QED) is 0.362. The minimum Gasteiger partial charge on any atom is -0.484 e. The van der Waals surface area contributed by atoms with Gasteiger partial charge in [0, 0.05) is 43.6 Å². The van der Waals surface area contributed by atoms with Crippen molar-refractivity contribution in [1.82, 2.24) is 4.90 Å². The lowest BCUT2D eigenvalue weighted by Gasteiger charge is -2.35. The summed E-state index contributed by atoms with van der Waals surface area (Å²) in [5.41, 5.74) is 4.21. The van der Waals surface area contributed by atoms with Crippen molar-refractivity contribution in [3.63, 3.8) is 0 Å². The molecule has 202 valence electrons. The van der Waals surface area contributed by atoms with Crippen LogP contribution in [0.4, 0.5) is 11.4 Å². The Morgan fingerprint density at radius 3 is 2.21 bits per heavy atom. The first-order valence-corrected chi connectivity index (χ1v) is 14.0. The standard InChI is InChI=1S/C33H37N3O3/c37-32(25-39-31-18-12-28(13-19-31)27-9-5-2-6-10-27)34-29-14-16-30(17-15-29)35-21-23-36(24-22-35)33(38)20-11-26-7-3-1-4-8-26/h1,3-4,7-8,11-20,27H,2,5-6,9-10,21-25H2,(H,34,37)/b20-11+. The molecule has 0 bridgehead atoms. The molecule has 1 aliphatic carbocycles. The van der Waals surface area contributed by atoms with Crippen molar-refractivity contribution in [3.8, 4) is 5.75 Å². The van der Waals surface area contributed by atoms with Crippen LogP contribution in [0, 0.1) is 0 Å². The van der Waals surface area contributed by atoms with Crippen LogP contribution in [-0.4, -0.2) is 49.5 Å². The highest BCUT2D eigenvalue weighted by molar-refractivity contribution is 5.92. The van der Waals surface area contributed by atoms with Crippen molar-refractivity contribution in [2.24, 2.45) is 0 Å². The smallest absolute Gasteiger partial charge is 0.262 e. The molecule has 5 rings (SSSR count). The molecule has 39 heavy (non-hydrogen) atoms. The maximum Gasteiger partial charge on any atom is 0.262 e. The van der Waals surface area contributed by atoms with Crippen molar-refractivity contribution in [2.45, 2.75) is 38.0 Å². The fourth-order valence-corrected chi connectivity index (χ4v) is 5.40. The summed E-state index contributed by atoms with van der Waals surface area (Å²) in [4.78, 5) is 29.1. The Labute approximate surface area is 231 Å². The van der Waals surface area contributed by atoms with Crippen LogP contribution in [-0.2, 0) is 9.59 Å². The summed E-state index contributed by atoms with van der Waals surface area (Å²) in [7, 11) is 0. The van der Waals surface area contributed by atoms with Crippen LogP contribution in [0.2, 0.25) is 0 Å². The molecule has 0 aromatic heterocycles. The minimum atomic E-state index is -0.185. The highest BCUT2D eigenvalue weighted by Crippen LogP contribution is 2.33. The molecular formula is C33H37N3O3. The molecule has 0 unspecified atom stereocenters. The maximum absolute atomic E-state index is 12.6. The Bertz CT molecular complexity index is 1240. The Morgan fingerprint density at radius 1 is 0.821 bits per heavy atom. The highest BCUT2D eigenvalue weighted by atomic mass is 16.5. The third kappa shape index (κ3) is 7.50. The van der Waals surface area contributed by atoms with E-state index in [-0.39, 0.29) is 18.4 Å². The van der Waals surface area contributed by atoms with Gasteiger partial charge in [0.2, 0.25) is 5.91 Å². The van der Waals surface area contributed by atoms with Gasteiger partial charge in [0.1, 0.15) is 5.75 Å². The molecule has 3 aromatic rings. The molecule has 1 saturated heterocycles. The number of amides is 2. The summed E-state index contributed by atoms with van der Waals surface area (Å²) < 4.78 is 5.72. The summed E-state index contributed by atoms with van der Waals surface area (Å²) in [5, 5.41) is 2.91. The van der Waals surface area contributed by atoms with Crippen molar-refractivity contribution >= 4 is 29.3 Å². The monoisotopic (exact) mass is 523 g/mol. The number of hydrogen-bond acceptors (Lipinski definition) is 4. The molecule has 0 atom stereocenters. The number of nitrogens with one attached hydrogen (secondary N) is 1. The van der Waals surface area contributed by atoms with Crippen molar-refractivity contribution in [1.29, 1.82) is 0 Å². The average molecular weight is 524 g/mol. The molecule has 2 fully saturated rings. The molecule has 6 heteroatoms. The molecule has 1 saturated carbocycles. The van der Waals surface area contributed by atoms with E-state index in [1.54, 1.807) is 6.08 Å². The Hall–Kier alpha value is -4.06. The van der Waals surface area contributed by atoms with Crippen LogP contribution in [0.3, 0.4) is 0 Å². The second-order valence-electron chi connectivity index (χ2n) is 10.3. The SMILES string of the molecule is O=C(COc1ccc(C2CCCCC2)cc1)Nc1ccc(N2CCN(C(=O)/C=C/c3ccccc3)CC2)cc1. The normalized spacial score (nSPS) is 16.3. The summed E-state index contributed by atoms with van der Waals surface area (Å²) in [5.74, 6) is 1.23. The molecule has 2 amide bonds. The third-order valence-electron chi connectivity index (χ3n) is 7.65. The first kappa shape index (κ1) is 26.5. The van der Waals surface area contributed by atoms with E-state index in [9.17, 15) is 9.59 Å². The average Bonchev–Trinajstić information content (AvgIpc) is 3.00. The number of carbonyl (C=O) groups is 2. The number of rotatable bonds is 8. The van der Waals surface area contributed by atoms with E-state index >= 15 is 0 Å². The molecule has 1 heterocycles. The number of ether oxygens (including phenoxy) is 1. The lowest BCUT2D eigenvalue weighted by molar-refractivity contribution is -0.126. The number of hydrogen-bond donors (Lipinski definition) is 1. The largest absolute Gasteiger partial charge is 0.484 e. The number of benzene rings is 3. The Kier molecular flexibility index (Phi) is 8.94. The molecule has 1 N–H and O–H groups in total. The molecule has 3 aromatic carbocycles. The van der Waals surface area contributed by atoms with Crippen LogP contribution in [0.5, 0.6) is 5.75 Å². The van der Waals surface area contributed by atoms with Gasteiger partial charge in [-0.05, 0) is 72.4 Å². The van der Waals surface area contributed by atoms with Crippen LogP contribution < -0.4 is 15.0 Å². The van der Waals surface area contributed by atoms with E-state index < -0.39 is 0 Å². The fraction of sp³-hybridized carbons (Fsp3) is 0.333. The predicted molar refractivity (Wildman–Crippen MR) is 157 cm³/mol. The predicted octanol–water partition coefficient (Wildman–Crippen LogP) is 6.11. The van der Waals surface area contributed by atoms with Crippen LogP contribution in [0.1, 0.15) is 49.1 Å². The molecule has 0 radical (unpaired) electrons. The number of piperazine rings is 1. The van der Waals surface area contributed by atoms with Crippen LogP contribution in [0.25, 0.3) is 6.08 Å². The zero-order chi connectivity index (χ0) is 26.9. The van der Waals surface area contributed by atoms with E-state index in [0.29, 0.717) is 24.8 Å². The minimum absolute atomic E-state index is 0.0285. The van der Waals surface area contributed by atoms with Gasteiger partial charge in [-0.25, -0.2) is 0 Å². The molecular weight excluding hydrogens is 486 g/mol. The molecule has 1 aliphatic heterocycles. The zero-order valence-corrected chi connectivity index (χ0v) is 22.4. The van der Waals surface area contributed by atoms with E-state index in [2.05, 4.69) is 22.3 Å². The van der Waals surface area contributed by atoms with E-state index in [4.69, 9.17) is 4.74 Å². The van der Waals surface area contributed by atoms with Gasteiger partial charge in [0.25, 0.3) is 5.91 Å². The van der Waals surface area contributed by atoms with Gasteiger partial charge < -0.3 is 19.9 Å². The van der Waals surface area contributed by atoms with Crippen molar-refractivity contribution in [2.75, 3.05) is 43.0 Å². The highest BCUT2D eigenvalue weighted by Gasteiger charge is 2.20. The number of carbonyl (C=O) groups excluding carboxylic acids is 2. The van der Waals surface area contributed by atoms with E-state index in [1.165, 1.54) is 37.7 Å². The maximum atomic E-state index is 12.6. The summed E-state index contributed by atoms with van der Waals surface area (Å²) in [6, 6.07) is 25.9. The number of anilines is 2. The topological polar surface area (TPSA) is 61.9 Å². The zero-order valence-electron chi connectivity index (χ0n) is 22.4. The fourth-order valence-electron chi connectivity index (χ4n) is 5.40. The second kappa shape index (κ2) is 13.1. The van der Waals surface area contributed by atoms with E-state index in [1.807, 2.05) is 77.7 Å². The van der Waals surface area contributed by atoms with Gasteiger partial charge in [0.15, 0.2) is 6.61 Å². The van der Waals surface area contributed by atoms with Crippen molar-refractivity contribution in [3.05, 3.63) is 96.1 Å². The summed E-state index contributed by atoms with van der Waals surface area (Å²) in [6.45, 7) is 2.86. The number of nitrogens with zero attached hydrogens (tertiary/aromatic N) is 2. The second-order valence-corrected chi connectivity index (χ2v) is 10.3. The van der Waals surface area contributed by atoms with Gasteiger partial charge >= 0.3 is 0 Å². The van der Waals surface area contributed by atoms with Crippen molar-refractivity contribution < 1.29 is 14.3 Å². The lowest BCUT2D eigenvalue weighted by atomic mass is 9.84. The van der Waals surface area contributed by atoms with Gasteiger partial charge in [-0.1, -0.05) is 61.7 Å². The summed E-state index contributed by atoms with van der Waals surface area (Å²) in [6.07, 6.45) is 10.0. The first-order chi connectivity index (χ1) is 19.1. The Morgan fingerprint density at radius 2 is 1.51 bits per heavy atom. The molecule has 2 aliphatic rings. The van der Waals surface area contributed by atoms with Gasteiger partial charge in [-0.2, -0.15) is 0 Å². The lowest BCUT2D eigenvalue weighted by Crippen LogP contribution is -2.48. The molecule has 0 spiro atoms. The van der Waals surface area contributed by atoms with Gasteiger partial charge in [-0.15, -0.1) is 0 Å². The van der Waals surface area contributed by atoms with Gasteiger partial charge in [-0.3, -0.25) is 9.59 Å². The summed E-state index contributed by atoms with van der Waals surface area (Å²) >= 11 is 0. The van der Waals surface area contributed by atoms with E-state index in [0.717, 1.165) is 30.0 Å². The first-order valence-electron chi connectivity index (χ1n) is 14.0. The van der Waals surface area contributed by atoms with Gasteiger partial charge in [0.05, 0.1) is 0 Å². The van der Waals surface area contributed by atoms with Crippen LogP contribution >= 0.6 is 0 Å². The molecule has 6 nitrogen and oxygen atoms in total. The Balaban J connectivity index is 1.04. The van der Waals surface area contributed by atoms with Crippen LogP contribution in [0.15, 0.2) is 84.9 Å².